The Morgan fingerprint density at radius 1 is 1.20 bits per heavy atom. The second kappa shape index (κ2) is 8.85. The maximum Gasteiger partial charge on any atom is 0.269 e. The first kappa shape index (κ1) is 21.8. The molecule has 30 heavy (non-hydrogen) atoms. The number of aliphatic hydroxyl groups excluding tert-OH is 1. The molecule has 2 atom stereocenters. The molecule has 0 fully saturated rings. The smallest absolute Gasteiger partial charge is 0.269 e. The molecule has 0 spiro atoms. The predicted octanol–water partition coefficient (Wildman–Crippen LogP) is 4.33. The van der Waals surface area contributed by atoms with Gasteiger partial charge in [-0.3, -0.25) is 10.1 Å². The zero-order valence-electron chi connectivity index (χ0n) is 17.8. The lowest BCUT2D eigenvalue weighted by Crippen LogP contribution is -2.50. The average Bonchev–Trinajstić information content (AvgIpc) is 3.07. The van der Waals surface area contributed by atoms with Gasteiger partial charge in [0.1, 0.15) is 18.5 Å². The van der Waals surface area contributed by atoms with Gasteiger partial charge >= 0.3 is 0 Å². The molecule has 1 heterocycles. The van der Waals surface area contributed by atoms with Crippen LogP contribution in [0.3, 0.4) is 0 Å². The third kappa shape index (κ3) is 4.98. The van der Waals surface area contributed by atoms with Crippen molar-refractivity contribution in [3.05, 3.63) is 69.9 Å². The van der Waals surface area contributed by atoms with Crippen molar-refractivity contribution in [2.24, 2.45) is 5.41 Å². The number of nitrogens with zero attached hydrogens (tertiary/aromatic N) is 1. The summed E-state index contributed by atoms with van der Waals surface area (Å²) >= 11 is 0. The van der Waals surface area contributed by atoms with E-state index in [-0.39, 0.29) is 23.8 Å². The van der Waals surface area contributed by atoms with Crippen LogP contribution < -0.4 is 10.1 Å². The van der Waals surface area contributed by atoms with Gasteiger partial charge in [0.2, 0.25) is 0 Å². The Balaban J connectivity index is 1.67. The number of aromatic amines is 1. The topological polar surface area (TPSA) is 100 Å². The Hall–Kier alpha value is -2.90. The molecule has 7 nitrogen and oxygen atoms in total. The van der Waals surface area contributed by atoms with Crippen LogP contribution in [-0.2, 0) is 6.54 Å². The van der Waals surface area contributed by atoms with E-state index in [2.05, 4.69) is 31.1 Å². The van der Waals surface area contributed by atoms with E-state index in [1.165, 1.54) is 12.1 Å². The Labute approximate surface area is 176 Å². The van der Waals surface area contributed by atoms with Crippen LogP contribution in [0.4, 0.5) is 5.69 Å². The van der Waals surface area contributed by atoms with Gasteiger partial charge in [-0.15, -0.1) is 0 Å². The Bertz CT molecular complexity index is 1010. The summed E-state index contributed by atoms with van der Waals surface area (Å²) < 4.78 is 6.01. The number of nitro benzene ring substituents is 1. The van der Waals surface area contributed by atoms with Gasteiger partial charge in [0.05, 0.1) is 4.92 Å². The van der Waals surface area contributed by atoms with E-state index in [1.54, 1.807) is 12.1 Å². The minimum Gasteiger partial charge on any atom is -0.490 e. The largest absolute Gasteiger partial charge is 0.490 e. The van der Waals surface area contributed by atoms with Crippen LogP contribution in [0.2, 0.25) is 0 Å². The molecule has 2 unspecified atom stereocenters. The molecule has 0 aliphatic heterocycles. The lowest BCUT2D eigenvalue weighted by atomic mass is 9.83. The number of ether oxygens (including phenoxy) is 1. The van der Waals surface area contributed by atoms with E-state index in [4.69, 9.17) is 4.74 Å². The fourth-order valence-electron chi connectivity index (χ4n) is 3.69. The third-order valence-corrected chi connectivity index (χ3v) is 5.27. The molecule has 0 bridgehead atoms. The van der Waals surface area contributed by atoms with E-state index in [1.807, 2.05) is 31.3 Å². The van der Waals surface area contributed by atoms with Gasteiger partial charge in [0.15, 0.2) is 0 Å². The van der Waals surface area contributed by atoms with Gasteiger partial charge in [-0.25, -0.2) is 0 Å². The highest BCUT2D eigenvalue weighted by molar-refractivity contribution is 5.89. The molecule has 2 aromatic carbocycles. The van der Waals surface area contributed by atoms with Gasteiger partial charge in [-0.05, 0) is 35.6 Å². The van der Waals surface area contributed by atoms with Gasteiger partial charge in [-0.2, -0.15) is 0 Å². The Kier molecular flexibility index (Phi) is 6.43. The van der Waals surface area contributed by atoms with E-state index >= 15 is 0 Å². The number of aliphatic hydroxyl groups is 1. The second-order valence-corrected chi connectivity index (χ2v) is 8.68. The first-order valence-corrected chi connectivity index (χ1v) is 10.0. The molecule has 7 heteroatoms. The van der Waals surface area contributed by atoms with Crippen molar-refractivity contribution >= 4 is 16.6 Å². The summed E-state index contributed by atoms with van der Waals surface area (Å²) in [6, 6.07) is 12.0. The highest BCUT2D eigenvalue weighted by atomic mass is 16.6. The molecule has 3 rings (SSSR count). The minimum atomic E-state index is -0.738. The molecule has 1 aromatic heterocycles. The van der Waals surface area contributed by atoms with Crippen molar-refractivity contribution in [3.63, 3.8) is 0 Å². The fourth-order valence-corrected chi connectivity index (χ4v) is 3.69. The highest BCUT2D eigenvalue weighted by Gasteiger charge is 2.31. The number of rotatable bonds is 8. The maximum atomic E-state index is 10.9. The molecule has 0 saturated carbocycles. The molecule has 0 aliphatic carbocycles. The normalized spacial score (nSPS) is 13.9. The number of fused-ring (bicyclic) bond motifs is 1. The van der Waals surface area contributed by atoms with Crippen molar-refractivity contribution in [2.75, 3.05) is 6.61 Å². The second-order valence-electron chi connectivity index (χ2n) is 8.68. The van der Waals surface area contributed by atoms with Gasteiger partial charge in [0, 0.05) is 41.8 Å². The zero-order valence-corrected chi connectivity index (χ0v) is 17.8. The molecule has 0 aliphatic rings. The number of aryl methyl sites for hydroxylation is 1. The molecule has 0 amide bonds. The van der Waals surface area contributed by atoms with Crippen molar-refractivity contribution < 1.29 is 14.8 Å². The number of hydrogen-bond acceptors (Lipinski definition) is 5. The van der Waals surface area contributed by atoms with Crippen LogP contribution in [0.25, 0.3) is 10.9 Å². The van der Waals surface area contributed by atoms with Crippen LogP contribution in [0.1, 0.15) is 31.9 Å². The number of hydrogen-bond donors (Lipinski definition) is 3. The number of H-pyrrole nitrogens is 1. The standard InChI is InChI=1S/C23H29N3O4/c1-15-12-24-18-6-5-7-20(21(15)18)30-14-19(27)22(23(2,3)4)25-13-16-8-10-17(11-9-16)26(28)29/h5-12,19,22,24-25,27H,13-14H2,1-4H3. The number of non-ortho nitro benzene ring substituents is 1. The minimum absolute atomic E-state index is 0.0637. The molecule has 3 aromatic rings. The fraction of sp³-hybridized carbons (Fsp3) is 0.391. The molecule has 0 saturated heterocycles. The van der Waals surface area contributed by atoms with Crippen LogP contribution in [0, 0.1) is 22.5 Å². The van der Waals surface area contributed by atoms with E-state index in [0.717, 1.165) is 27.8 Å². The van der Waals surface area contributed by atoms with Crippen molar-refractivity contribution in [1.29, 1.82) is 0 Å². The number of nitro groups is 1. The first-order valence-electron chi connectivity index (χ1n) is 10.0. The molecular weight excluding hydrogens is 382 g/mol. The number of benzene rings is 2. The van der Waals surface area contributed by atoms with Crippen LogP contribution >= 0.6 is 0 Å². The van der Waals surface area contributed by atoms with Crippen LogP contribution in [0.15, 0.2) is 48.7 Å². The lowest BCUT2D eigenvalue weighted by Gasteiger charge is -2.35. The molecule has 160 valence electrons. The number of aromatic nitrogens is 1. The SMILES string of the molecule is Cc1c[nH]c2cccc(OCC(O)C(NCc3ccc([N+](=O)[O-])cc3)C(C)(C)C)c12. The van der Waals surface area contributed by atoms with Crippen molar-refractivity contribution in [2.45, 2.75) is 46.4 Å². The van der Waals surface area contributed by atoms with Crippen LogP contribution in [0.5, 0.6) is 5.75 Å². The first-order chi connectivity index (χ1) is 14.2. The lowest BCUT2D eigenvalue weighted by molar-refractivity contribution is -0.384. The molecule has 3 N–H and O–H groups in total. The maximum absolute atomic E-state index is 10.9. The summed E-state index contributed by atoms with van der Waals surface area (Å²) in [6.45, 7) is 8.83. The van der Waals surface area contributed by atoms with Gasteiger partial charge < -0.3 is 20.1 Å². The summed E-state index contributed by atoms with van der Waals surface area (Å²) in [5.41, 5.74) is 2.85. The number of nitrogens with one attached hydrogen (secondary N) is 2. The summed E-state index contributed by atoms with van der Waals surface area (Å²) in [7, 11) is 0. The highest BCUT2D eigenvalue weighted by Crippen LogP contribution is 2.29. The monoisotopic (exact) mass is 411 g/mol. The van der Waals surface area contributed by atoms with E-state index in [0.29, 0.717) is 6.54 Å². The van der Waals surface area contributed by atoms with Gasteiger partial charge in [-0.1, -0.05) is 39.0 Å². The third-order valence-electron chi connectivity index (χ3n) is 5.27. The van der Waals surface area contributed by atoms with E-state index < -0.39 is 11.0 Å². The van der Waals surface area contributed by atoms with Crippen molar-refractivity contribution in [3.8, 4) is 5.75 Å². The van der Waals surface area contributed by atoms with Gasteiger partial charge in [0.25, 0.3) is 5.69 Å². The summed E-state index contributed by atoms with van der Waals surface area (Å²) in [6.07, 6.45) is 1.20. The van der Waals surface area contributed by atoms with E-state index in [9.17, 15) is 15.2 Å². The Morgan fingerprint density at radius 3 is 2.53 bits per heavy atom. The Morgan fingerprint density at radius 2 is 1.90 bits per heavy atom. The molecular formula is C23H29N3O4. The summed E-state index contributed by atoms with van der Waals surface area (Å²) in [5, 5.41) is 26.1. The zero-order chi connectivity index (χ0) is 21.9. The van der Waals surface area contributed by atoms with Crippen LogP contribution in [-0.4, -0.2) is 33.8 Å². The van der Waals surface area contributed by atoms with Crippen molar-refractivity contribution in [1.82, 2.24) is 10.3 Å². The quantitative estimate of drug-likeness (QED) is 0.378. The summed E-state index contributed by atoms with van der Waals surface area (Å²) in [5.74, 6) is 0.744. The predicted molar refractivity (Wildman–Crippen MR) is 118 cm³/mol. The molecule has 0 radical (unpaired) electrons. The summed E-state index contributed by atoms with van der Waals surface area (Å²) in [4.78, 5) is 13.6. The average molecular weight is 412 g/mol.